The van der Waals surface area contributed by atoms with Crippen molar-refractivity contribution < 1.29 is 4.43 Å². The van der Waals surface area contributed by atoms with Gasteiger partial charge in [0.25, 0.3) is 0 Å². The molecule has 11 heavy (non-hydrogen) atoms. The Balaban J connectivity index is 2.53. The predicted molar refractivity (Wildman–Crippen MR) is 46.4 cm³/mol. The summed E-state index contributed by atoms with van der Waals surface area (Å²) in [6.45, 7) is 4.15. The van der Waals surface area contributed by atoms with Gasteiger partial charge in [-0.3, -0.25) is 0 Å². The molecule has 0 aromatic heterocycles. The van der Waals surface area contributed by atoms with Gasteiger partial charge in [-0.2, -0.15) is 0 Å². The summed E-state index contributed by atoms with van der Waals surface area (Å²) in [5, 5.41) is 8.85. The Morgan fingerprint density at radius 1 is 1.73 bits per heavy atom. The van der Waals surface area contributed by atoms with Crippen molar-refractivity contribution in [2.45, 2.75) is 44.9 Å². The standard InChI is InChI=1S/C8H15NOSi/c1-3-8-5-4-6-11(2,7-9)10-8/h8H,3-6H2,1-2H3. The number of hydrogen-bond acceptors (Lipinski definition) is 2. The van der Waals surface area contributed by atoms with Crippen LogP contribution in [0.5, 0.6) is 0 Å². The fraction of sp³-hybridized carbons (Fsp3) is 0.875. The minimum atomic E-state index is -1.89. The molecular weight excluding hydrogens is 154 g/mol. The minimum Gasteiger partial charge on any atom is -0.401 e. The number of nitrogens with zero attached hydrogens (tertiary/aromatic N) is 1. The maximum Gasteiger partial charge on any atom is 0.303 e. The molecule has 2 nitrogen and oxygen atoms in total. The molecule has 1 aliphatic heterocycles. The van der Waals surface area contributed by atoms with Crippen molar-refractivity contribution >= 4 is 8.32 Å². The smallest absolute Gasteiger partial charge is 0.303 e. The largest absolute Gasteiger partial charge is 0.401 e. The molecule has 0 bridgehead atoms. The van der Waals surface area contributed by atoms with Crippen molar-refractivity contribution in [1.29, 1.82) is 5.26 Å². The molecule has 1 rings (SSSR count). The van der Waals surface area contributed by atoms with Crippen LogP contribution >= 0.6 is 0 Å². The van der Waals surface area contributed by atoms with Gasteiger partial charge in [-0.25, -0.2) is 5.26 Å². The molecular formula is C8H15NOSi. The van der Waals surface area contributed by atoms with E-state index in [1.54, 1.807) is 0 Å². The Labute approximate surface area is 69.3 Å². The van der Waals surface area contributed by atoms with Gasteiger partial charge in [-0.1, -0.05) is 13.3 Å². The lowest BCUT2D eigenvalue weighted by atomic mass is 10.2. The second-order valence-electron chi connectivity index (χ2n) is 3.38. The zero-order chi connectivity index (χ0) is 8.32. The van der Waals surface area contributed by atoms with Crippen LogP contribution in [0.25, 0.3) is 0 Å². The van der Waals surface area contributed by atoms with E-state index < -0.39 is 8.32 Å². The highest BCUT2D eigenvalue weighted by atomic mass is 28.4. The van der Waals surface area contributed by atoms with Gasteiger partial charge in [0.15, 0.2) is 0 Å². The SMILES string of the molecule is CCC1CCC[Si](C)(C#N)O1. The quantitative estimate of drug-likeness (QED) is 0.564. The molecule has 2 atom stereocenters. The van der Waals surface area contributed by atoms with Crippen LogP contribution in [-0.2, 0) is 4.43 Å². The lowest BCUT2D eigenvalue weighted by molar-refractivity contribution is 0.160. The minimum absolute atomic E-state index is 0.375. The first-order valence-corrected chi connectivity index (χ1v) is 6.91. The third-order valence-electron chi connectivity index (χ3n) is 2.30. The van der Waals surface area contributed by atoms with E-state index in [4.69, 9.17) is 9.69 Å². The maximum atomic E-state index is 8.85. The van der Waals surface area contributed by atoms with E-state index in [-0.39, 0.29) is 0 Å². The van der Waals surface area contributed by atoms with Gasteiger partial charge in [0.1, 0.15) is 0 Å². The van der Waals surface area contributed by atoms with Gasteiger partial charge < -0.3 is 4.43 Å². The molecule has 1 heterocycles. The topological polar surface area (TPSA) is 33.0 Å². The van der Waals surface area contributed by atoms with Crippen molar-refractivity contribution in [2.75, 3.05) is 0 Å². The first-order valence-electron chi connectivity index (χ1n) is 4.29. The molecule has 0 saturated carbocycles. The Morgan fingerprint density at radius 3 is 3.00 bits per heavy atom. The fourth-order valence-electron chi connectivity index (χ4n) is 1.52. The van der Waals surface area contributed by atoms with Gasteiger partial charge in [-0.15, -0.1) is 0 Å². The summed E-state index contributed by atoms with van der Waals surface area (Å²) in [6, 6.07) is 1.03. The molecule has 0 spiro atoms. The average molecular weight is 169 g/mol. The predicted octanol–water partition coefficient (Wildman–Crippen LogP) is 2.21. The molecule has 0 aliphatic carbocycles. The van der Waals surface area contributed by atoms with Crippen LogP contribution in [0, 0.1) is 11.0 Å². The van der Waals surface area contributed by atoms with E-state index in [0.29, 0.717) is 6.10 Å². The fourth-order valence-corrected chi connectivity index (χ4v) is 3.70. The molecule has 0 radical (unpaired) electrons. The number of nitriles is 1. The van der Waals surface area contributed by atoms with E-state index >= 15 is 0 Å². The van der Waals surface area contributed by atoms with Crippen LogP contribution in [0.15, 0.2) is 0 Å². The Kier molecular flexibility index (Phi) is 2.69. The Bertz CT molecular complexity index is 177. The third kappa shape index (κ3) is 2.05. The van der Waals surface area contributed by atoms with E-state index in [1.807, 2.05) is 6.55 Å². The number of rotatable bonds is 1. The van der Waals surface area contributed by atoms with Crippen LogP contribution in [0.2, 0.25) is 12.6 Å². The molecule has 0 aromatic carbocycles. The zero-order valence-corrected chi connectivity index (χ0v) is 8.26. The molecule has 3 heteroatoms. The van der Waals surface area contributed by atoms with Gasteiger partial charge in [-0.05, 0) is 25.4 Å². The molecule has 1 saturated heterocycles. The van der Waals surface area contributed by atoms with E-state index in [1.165, 1.54) is 6.42 Å². The summed E-state index contributed by atoms with van der Waals surface area (Å²) in [5.74, 6) is 0. The highest BCUT2D eigenvalue weighted by Crippen LogP contribution is 2.26. The molecule has 2 unspecified atom stereocenters. The van der Waals surface area contributed by atoms with Crippen LogP contribution in [0.3, 0.4) is 0 Å². The summed E-state index contributed by atoms with van der Waals surface area (Å²) in [6.07, 6.45) is 3.78. The lowest BCUT2D eigenvalue weighted by Gasteiger charge is -2.31. The molecule has 0 aromatic rings. The van der Waals surface area contributed by atoms with E-state index in [2.05, 4.69) is 12.6 Å². The third-order valence-corrected chi connectivity index (χ3v) is 4.93. The molecule has 1 aliphatic rings. The molecule has 0 N–H and O–H groups in total. The molecule has 1 fully saturated rings. The molecule has 0 amide bonds. The van der Waals surface area contributed by atoms with Crippen LogP contribution in [0.4, 0.5) is 0 Å². The Hall–Kier alpha value is -0.333. The van der Waals surface area contributed by atoms with Crippen LogP contribution < -0.4 is 0 Å². The second kappa shape index (κ2) is 3.38. The van der Waals surface area contributed by atoms with Gasteiger partial charge in [0.2, 0.25) is 0 Å². The van der Waals surface area contributed by atoms with Crippen molar-refractivity contribution in [2.24, 2.45) is 0 Å². The molecule has 62 valence electrons. The van der Waals surface area contributed by atoms with Gasteiger partial charge >= 0.3 is 8.32 Å². The number of hydrogen-bond donors (Lipinski definition) is 0. The summed E-state index contributed by atoms with van der Waals surface area (Å²) < 4.78 is 5.75. The van der Waals surface area contributed by atoms with Crippen LogP contribution in [0.1, 0.15) is 26.2 Å². The monoisotopic (exact) mass is 169 g/mol. The average Bonchev–Trinajstić information content (AvgIpc) is 2.05. The summed E-state index contributed by atoms with van der Waals surface area (Å²) >= 11 is 0. The van der Waals surface area contributed by atoms with Crippen LogP contribution in [-0.4, -0.2) is 14.4 Å². The van der Waals surface area contributed by atoms with Crippen molar-refractivity contribution in [3.05, 3.63) is 0 Å². The van der Waals surface area contributed by atoms with Crippen molar-refractivity contribution in [3.8, 4) is 5.69 Å². The van der Waals surface area contributed by atoms with E-state index in [0.717, 1.165) is 18.9 Å². The first kappa shape index (κ1) is 8.76. The first-order chi connectivity index (χ1) is 5.20. The maximum absolute atomic E-state index is 8.85. The second-order valence-corrected chi connectivity index (χ2v) is 6.80. The lowest BCUT2D eigenvalue weighted by Crippen LogP contribution is -2.41. The van der Waals surface area contributed by atoms with Gasteiger partial charge in [0.05, 0.1) is 5.69 Å². The Morgan fingerprint density at radius 2 is 2.45 bits per heavy atom. The van der Waals surface area contributed by atoms with Gasteiger partial charge in [0, 0.05) is 6.10 Å². The summed E-state index contributed by atoms with van der Waals surface area (Å²) in [4.78, 5) is 0. The van der Waals surface area contributed by atoms with Crippen molar-refractivity contribution in [3.63, 3.8) is 0 Å². The van der Waals surface area contributed by atoms with Crippen molar-refractivity contribution in [1.82, 2.24) is 0 Å². The van der Waals surface area contributed by atoms with E-state index in [9.17, 15) is 0 Å². The zero-order valence-electron chi connectivity index (χ0n) is 7.26. The normalized spacial score (nSPS) is 38.1. The summed E-state index contributed by atoms with van der Waals surface area (Å²) in [5.41, 5.74) is 2.36. The summed E-state index contributed by atoms with van der Waals surface area (Å²) in [7, 11) is -1.89. The highest BCUT2D eigenvalue weighted by Gasteiger charge is 2.35. The highest BCUT2D eigenvalue weighted by molar-refractivity contribution is 6.80.